The van der Waals surface area contributed by atoms with Gasteiger partial charge in [-0.2, -0.15) is 0 Å². The molecule has 0 unspecified atom stereocenters. The highest BCUT2D eigenvalue weighted by Crippen LogP contribution is 2.44. The zero-order chi connectivity index (χ0) is 28.3. The van der Waals surface area contributed by atoms with Gasteiger partial charge in [-0.15, -0.1) is 11.3 Å². The third-order valence-corrected chi connectivity index (χ3v) is 9.42. The first-order valence-corrected chi connectivity index (χ1v) is 15.2. The maximum atomic E-state index is 5.08. The molecule has 0 spiro atoms. The molecule has 0 aliphatic heterocycles. The topological polar surface area (TPSA) is 38.7 Å². The fraction of sp³-hybridized carbons (Fsp3) is 0. The van der Waals surface area contributed by atoms with Gasteiger partial charge in [0.15, 0.2) is 17.5 Å². The zero-order valence-electron chi connectivity index (χ0n) is 23.0. The van der Waals surface area contributed by atoms with Crippen molar-refractivity contribution in [3.8, 4) is 34.2 Å². The Morgan fingerprint density at radius 1 is 0.372 bits per heavy atom. The number of hydrogen-bond donors (Lipinski definition) is 0. The molecule has 9 aromatic rings. The first-order valence-electron chi connectivity index (χ1n) is 14.4. The van der Waals surface area contributed by atoms with Gasteiger partial charge in [0.25, 0.3) is 0 Å². The van der Waals surface area contributed by atoms with E-state index in [9.17, 15) is 0 Å². The van der Waals surface area contributed by atoms with Crippen molar-refractivity contribution in [3.63, 3.8) is 0 Å². The Bertz CT molecular complexity index is 2440. The van der Waals surface area contributed by atoms with Gasteiger partial charge >= 0.3 is 0 Å². The third-order valence-electron chi connectivity index (χ3n) is 8.28. The molecule has 200 valence electrons. The lowest BCUT2D eigenvalue weighted by Gasteiger charge is -2.14. The van der Waals surface area contributed by atoms with Crippen molar-refractivity contribution < 1.29 is 0 Å². The molecule has 3 nitrogen and oxygen atoms in total. The zero-order valence-corrected chi connectivity index (χ0v) is 23.8. The summed E-state index contributed by atoms with van der Waals surface area (Å²) in [5.41, 5.74) is 2.93. The molecule has 7 aromatic carbocycles. The smallest absolute Gasteiger partial charge is 0.164 e. The summed E-state index contributed by atoms with van der Waals surface area (Å²) in [5.74, 6) is 2.00. The van der Waals surface area contributed by atoms with Crippen LogP contribution in [0.2, 0.25) is 0 Å². The second kappa shape index (κ2) is 9.55. The number of benzene rings is 7. The van der Waals surface area contributed by atoms with Gasteiger partial charge in [0, 0.05) is 36.9 Å². The molecule has 43 heavy (non-hydrogen) atoms. The van der Waals surface area contributed by atoms with Crippen molar-refractivity contribution in [2.75, 3.05) is 0 Å². The molecule has 2 heterocycles. The highest BCUT2D eigenvalue weighted by Gasteiger charge is 2.18. The molecule has 4 heteroatoms. The summed E-state index contributed by atoms with van der Waals surface area (Å²) in [6, 6.07) is 49.0. The summed E-state index contributed by atoms with van der Waals surface area (Å²) in [6.07, 6.45) is 0. The molecule has 0 amide bonds. The van der Waals surface area contributed by atoms with Crippen LogP contribution in [-0.2, 0) is 0 Å². The summed E-state index contributed by atoms with van der Waals surface area (Å²) < 4.78 is 2.63. The van der Waals surface area contributed by atoms with Crippen LogP contribution in [0, 0.1) is 0 Å². The highest BCUT2D eigenvalue weighted by atomic mass is 32.1. The molecule has 0 atom stereocenters. The largest absolute Gasteiger partial charge is 0.208 e. The fourth-order valence-electron chi connectivity index (χ4n) is 6.34. The minimum Gasteiger partial charge on any atom is -0.208 e. The van der Waals surface area contributed by atoms with E-state index in [0.717, 1.165) is 22.1 Å². The first kappa shape index (κ1) is 24.2. The van der Waals surface area contributed by atoms with Gasteiger partial charge in [-0.05, 0) is 50.5 Å². The Hall–Kier alpha value is -5.45. The quantitative estimate of drug-likeness (QED) is 0.200. The van der Waals surface area contributed by atoms with E-state index in [2.05, 4.69) is 103 Å². The average Bonchev–Trinajstić information content (AvgIpc) is 3.47. The van der Waals surface area contributed by atoms with Crippen molar-refractivity contribution in [3.05, 3.63) is 140 Å². The van der Waals surface area contributed by atoms with Crippen molar-refractivity contribution in [1.82, 2.24) is 15.0 Å². The number of rotatable bonds is 3. The molecule has 0 aliphatic carbocycles. The lowest BCUT2D eigenvalue weighted by molar-refractivity contribution is 1.08. The Morgan fingerprint density at radius 3 is 1.65 bits per heavy atom. The summed E-state index contributed by atoms with van der Waals surface area (Å²) in [6.45, 7) is 0. The maximum absolute atomic E-state index is 5.08. The molecule has 0 aliphatic rings. The number of hydrogen-bond acceptors (Lipinski definition) is 4. The highest BCUT2D eigenvalue weighted by molar-refractivity contribution is 7.26. The minimum absolute atomic E-state index is 0.665. The molecule has 0 radical (unpaired) electrons. The summed E-state index contributed by atoms with van der Waals surface area (Å²) in [5, 5.41) is 9.97. The molecule has 0 saturated heterocycles. The lowest BCUT2D eigenvalue weighted by Crippen LogP contribution is -2.00. The van der Waals surface area contributed by atoms with Gasteiger partial charge < -0.3 is 0 Å². The summed E-state index contributed by atoms with van der Waals surface area (Å²) in [7, 11) is 0. The predicted molar refractivity (Wildman–Crippen MR) is 182 cm³/mol. The molecular weight excluding hydrogens is 543 g/mol. The van der Waals surface area contributed by atoms with Gasteiger partial charge in [0.2, 0.25) is 0 Å². The Morgan fingerprint density at radius 2 is 0.930 bits per heavy atom. The van der Waals surface area contributed by atoms with Crippen LogP contribution < -0.4 is 0 Å². The van der Waals surface area contributed by atoms with Gasteiger partial charge in [-0.1, -0.05) is 121 Å². The predicted octanol–water partition coefficient (Wildman–Crippen LogP) is 10.7. The Kier molecular flexibility index (Phi) is 5.37. The van der Waals surface area contributed by atoms with Crippen molar-refractivity contribution >= 4 is 63.8 Å². The van der Waals surface area contributed by atoms with E-state index in [0.29, 0.717) is 17.5 Å². The second-order valence-electron chi connectivity index (χ2n) is 10.8. The van der Waals surface area contributed by atoms with E-state index in [1.165, 1.54) is 47.1 Å². The lowest BCUT2D eigenvalue weighted by atomic mass is 9.91. The van der Waals surface area contributed by atoms with Crippen molar-refractivity contribution in [2.45, 2.75) is 0 Å². The van der Waals surface area contributed by atoms with Crippen LogP contribution in [0.4, 0.5) is 0 Å². The van der Waals surface area contributed by atoms with Crippen LogP contribution in [0.1, 0.15) is 0 Å². The SMILES string of the molecule is c1ccc(-c2nc(-c3ccccc3)nc(-c3cc4ccc5ccc6sc7ccccc7c6c5c4c4ccccc34)n2)cc1. The van der Waals surface area contributed by atoms with E-state index in [4.69, 9.17) is 15.0 Å². The normalized spacial score (nSPS) is 11.7. The minimum atomic E-state index is 0.665. The standard InChI is InChI=1S/C39H23N3S/c1-3-11-25(12-4-1)37-40-38(26-13-5-2-6-14-26)42-39(41-37)31-23-27-20-19-24-21-22-33-36(30-17-9-10-18-32(30)43-33)35(24)34(27)29-16-8-7-15-28(29)31/h1-23H. The van der Waals surface area contributed by atoms with Crippen LogP contribution in [0.15, 0.2) is 140 Å². The van der Waals surface area contributed by atoms with E-state index in [1.807, 2.05) is 47.7 Å². The Labute approximate surface area is 251 Å². The second-order valence-corrected chi connectivity index (χ2v) is 11.9. The van der Waals surface area contributed by atoms with Crippen molar-refractivity contribution in [1.29, 1.82) is 0 Å². The number of aromatic nitrogens is 3. The van der Waals surface area contributed by atoms with Gasteiger partial charge in [-0.3, -0.25) is 0 Å². The molecule has 0 fully saturated rings. The number of nitrogens with zero attached hydrogens (tertiary/aromatic N) is 3. The van der Waals surface area contributed by atoms with Crippen molar-refractivity contribution in [2.24, 2.45) is 0 Å². The van der Waals surface area contributed by atoms with E-state index in [1.54, 1.807) is 0 Å². The fourth-order valence-corrected chi connectivity index (χ4v) is 7.46. The molecule has 9 rings (SSSR count). The van der Waals surface area contributed by atoms with Gasteiger partial charge in [0.1, 0.15) is 0 Å². The van der Waals surface area contributed by atoms with Crippen LogP contribution in [0.5, 0.6) is 0 Å². The molecule has 0 saturated carbocycles. The van der Waals surface area contributed by atoms with E-state index < -0.39 is 0 Å². The van der Waals surface area contributed by atoms with Crippen LogP contribution >= 0.6 is 11.3 Å². The molecule has 0 bridgehead atoms. The average molecular weight is 566 g/mol. The maximum Gasteiger partial charge on any atom is 0.164 e. The molecular formula is C39H23N3S. The molecule has 2 aromatic heterocycles. The Balaban J connectivity index is 1.39. The van der Waals surface area contributed by atoms with E-state index in [-0.39, 0.29) is 0 Å². The van der Waals surface area contributed by atoms with Gasteiger partial charge in [-0.25, -0.2) is 15.0 Å². The monoisotopic (exact) mass is 565 g/mol. The third kappa shape index (κ3) is 3.84. The summed E-state index contributed by atoms with van der Waals surface area (Å²) in [4.78, 5) is 15.1. The van der Waals surface area contributed by atoms with Gasteiger partial charge in [0.05, 0.1) is 0 Å². The summed E-state index contributed by atoms with van der Waals surface area (Å²) >= 11 is 1.86. The first-order chi connectivity index (χ1) is 21.3. The van der Waals surface area contributed by atoms with Crippen LogP contribution in [0.3, 0.4) is 0 Å². The van der Waals surface area contributed by atoms with Crippen LogP contribution in [0.25, 0.3) is 86.7 Å². The van der Waals surface area contributed by atoms with E-state index >= 15 is 0 Å². The van der Waals surface area contributed by atoms with Crippen LogP contribution in [-0.4, -0.2) is 15.0 Å². The molecule has 0 N–H and O–H groups in total. The number of fused-ring (bicyclic) bond motifs is 9. The number of thiophene rings is 1.